The van der Waals surface area contributed by atoms with E-state index in [2.05, 4.69) is 42.6 Å². The van der Waals surface area contributed by atoms with Gasteiger partial charge in [0, 0.05) is 30.8 Å². The lowest BCUT2D eigenvalue weighted by Gasteiger charge is -2.35. The number of nitrogens with zero attached hydrogens (tertiary/aromatic N) is 3. The lowest BCUT2D eigenvalue weighted by Crippen LogP contribution is -2.42. The molecule has 0 radical (unpaired) electrons. The molecule has 2 aromatic rings. The molecule has 0 bridgehead atoms. The maximum Gasteiger partial charge on any atom is 0.227 e. The molecule has 1 fully saturated rings. The Morgan fingerprint density at radius 2 is 1.96 bits per heavy atom. The van der Waals surface area contributed by atoms with Crippen molar-refractivity contribution >= 4 is 5.91 Å². The fourth-order valence-electron chi connectivity index (χ4n) is 4.33. The van der Waals surface area contributed by atoms with Gasteiger partial charge in [-0.3, -0.25) is 9.78 Å². The van der Waals surface area contributed by atoms with E-state index >= 15 is 0 Å². The van der Waals surface area contributed by atoms with Crippen molar-refractivity contribution in [3.63, 3.8) is 0 Å². The van der Waals surface area contributed by atoms with E-state index in [1.165, 1.54) is 0 Å². The van der Waals surface area contributed by atoms with Crippen LogP contribution >= 0.6 is 0 Å². The Balaban J connectivity index is 1.74. The van der Waals surface area contributed by atoms with E-state index in [4.69, 9.17) is 0 Å². The topological polar surface area (TPSA) is 61.9 Å². The molecule has 0 spiro atoms. The fourth-order valence-corrected chi connectivity index (χ4v) is 4.33. The lowest BCUT2D eigenvalue weighted by atomic mass is 9.97. The van der Waals surface area contributed by atoms with Crippen molar-refractivity contribution in [3.05, 3.63) is 47.8 Å². The summed E-state index contributed by atoms with van der Waals surface area (Å²) in [6.07, 6.45) is 4.32. The zero-order chi connectivity index (χ0) is 17.1. The van der Waals surface area contributed by atoms with Gasteiger partial charge >= 0.3 is 0 Å². The molecule has 0 saturated heterocycles. The molecular weight excluding hydrogens is 300 g/mol. The predicted molar refractivity (Wildman–Crippen MR) is 91.1 cm³/mol. The third-order valence-electron chi connectivity index (χ3n) is 6.44. The first-order valence-electron chi connectivity index (χ1n) is 8.59. The Bertz CT molecular complexity index is 764. The minimum atomic E-state index is -0.194. The maximum atomic E-state index is 13.4. The van der Waals surface area contributed by atoms with Crippen LogP contribution in [0.25, 0.3) is 0 Å². The largest absolute Gasteiger partial charge is 0.348 e. The number of nitrogens with one attached hydrogen (secondary N) is 1. The van der Waals surface area contributed by atoms with Crippen LogP contribution in [0.4, 0.5) is 0 Å². The minimum Gasteiger partial charge on any atom is -0.348 e. The molecule has 4 rings (SSSR count). The zero-order valence-electron chi connectivity index (χ0n) is 14.7. The fraction of sp³-hybridized carbons (Fsp3) is 0.526. The van der Waals surface area contributed by atoms with Gasteiger partial charge < -0.3 is 9.88 Å². The summed E-state index contributed by atoms with van der Waals surface area (Å²) in [5.41, 5.74) is 3.00. The van der Waals surface area contributed by atoms with Gasteiger partial charge in [-0.25, -0.2) is 4.98 Å². The van der Waals surface area contributed by atoms with Gasteiger partial charge in [0.1, 0.15) is 6.04 Å². The predicted octanol–water partition coefficient (Wildman–Crippen LogP) is 2.96. The van der Waals surface area contributed by atoms with Crippen molar-refractivity contribution in [2.45, 2.75) is 40.2 Å². The van der Waals surface area contributed by atoms with Crippen molar-refractivity contribution in [1.29, 1.82) is 0 Å². The molecule has 1 N–H and O–H groups in total. The Kier molecular flexibility index (Phi) is 3.15. The van der Waals surface area contributed by atoms with Crippen LogP contribution in [-0.2, 0) is 11.2 Å². The van der Waals surface area contributed by atoms with Gasteiger partial charge in [-0.1, -0.05) is 33.8 Å². The Hall–Kier alpha value is -2.17. The Morgan fingerprint density at radius 3 is 2.58 bits per heavy atom. The molecule has 1 amide bonds. The molecule has 24 heavy (non-hydrogen) atoms. The molecule has 2 aromatic heterocycles. The SMILES string of the molecule is CC1(C)C(C(=O)N2CCc3[nH]cnc3C2c2ccccn2)C1(C)C. The number of aromatic amines is 1. The molecule has 1 aliphatic carbocycles. The molecule has 1 saturated carbocycles. The third kappa shape index (κ3) is 1.96. The smallest absolute Gasteiger partial charge is 0.227 e. The van der Waals surface area contributed by atoms with Gasteiger partial charge in [0.2, 0.25) is 5.91 Å². The standard InChI is InChI=1S/C19H24N4O/c1-18(2)16(19(18,3)4)17(24)23-10-8-12-14(22-11-21-12)15(23)13-7-5-6-9-20-13/h5-7,9,11,15-16H,8,10H2,1-4H3,(H,21,22). The van der Waals surface area contributed by atoms with Crippen LogP contribution in [0.5, 0.6) is 0 Å². The van der Waals surface area contributed by atoms with E-state index < -0.39 is 0 Å². The first-order chi connectivity index (χ1) is 11.4. The molecule has 2 aliphatic rings. The highest BCUT2D eigenvalue weighted by molar-refractivity contribution is 5.85. The second-order valence-corrected chi connectivity index (χ2v) is 8.08. The summed E-state index contributed by atoms with van der Waals surface area (Å²) >= 11 is 0. The molecule has 126 valence electrons. The number of pyridine rings is 1. The molecule has 5 heteroatoms. The molecular formula is C19H24N4O. The summed E-state index contributed by atoms with van der Waals surface area (Å²) in [5, 5.41) is 0. The highest BCUT2D eigenvalue weighted by Crippen LogP contribution is 2.69. The van der Waals surface area contributed by atoms with Crippen LogP contribution in [0, 0.1) is 16.7 Å². The van der Waals surface area contributed by atoms with Crippen molar-refractivity contribution in [2.24, 2.45) is 16.7 Å². The third-order valence-corrected chi connectivity index (χ3v) is 6.44. The van der Waals surface area contributed by atoms with Crippen LogP contribution in [0.3, 0.4) is 0 Å². The van der Waals surface area contributed by atoms with Gasteiger partial charge in [-0.2, -0.15) is 0 Å². The molecule has 1 atom stereocenters. The normalized spacial score (nSPS) is 24.5. The number of hydrogen-bond donors (Lipinski definition) is 1. The second kappa shape index (κ2) is 4.91. The van der Waals surface area contributed by atoms with Gasteiger partial charge in [-0.05, 0) is 23.0 Å². The summed E-state index contributed by atoms with van der Waals surface area (Å²) in [5.74, 6) is 0.283. The molecule has 1 unspecified atom stereocenters. The monoisotopic (exact) mass is 324 g/mol. The highest BCUT2D eigenvalue weighted by atomic mass is 16.2. The molecule has 1 aliphatic heterocycles. The second-order valence-electron chi connectivity index (χ2n) is 8.08. The number of hydrogen-bond acceptors (Lipinski definition) is 3. The van der Waals surface area contributed by atoms with E-state index in [9.17, 15) is 4.79 Å². The number of amides is 1. The van der Waals surface area contributed by atoms with E-state index in [1.54, 1.807) is 12.5 Å². The van der Waals surface area contributed by atoms with E-state index in [0.29, 0.717) is 6.54 Å². The number of carbonyl (C=O) groups excluding carboxylic acids is 1. The van der Waals surface area contributed by atoms with E-state index in [0.717, 1.165) is 23.5 Å². The number of H-pyrrole nitrogens is 1. The van der Waals surface area contributed by atoms with Gasteiger partial charge in [0.15, 0.2) is 0 Å². The number of imidazole rings is 1. The summed E-state index contributed by atoms with van der Waals surface area (Å²) in [6, 6.07) is 5.66. The number of carbonyl (C=O) groups is 1. The molecule has 0 aromatic carbocycles. The lowest BCUT2D eigenvalue weighted by molar-refractivity contribution is -0.136. The van der Waals surface area contributed by atoms with Crippen LogP contribution in [-0.4, -0.2) is 32.3 Å². The summed E-state index contributed by atoms with van der Waals surface area (Å²) in [4.78, 5) is 27.6. The van der Waals surface area contributed by atoms with Crippen LogP contribution < -0.4 is 0 Å². The van der Waals surface area contributed by atoms with E-state index in [1.807, 2.05) is 23.1 Å². The highest BCUT2D eigenvalue weighted by Gasteiger charge is 2.69. The van der Waals surface area contributed by atoms with Crippen molar-refractivity contribution in [3.8, 4) is 0 Å². The van der Waals surface area contributed by atoms with Crippen LogP contribution in [0.15, 0.2) is 30.7 Å². The van der Waals surface area contributed by atoms with Gasteiger partial charge in [-0.15, -0.1) is 0 Å². The molecule has 3 heterocycles. The maximum absolute atomic E-state index is 13.4. The average Bonchev–Trinajstić information content (AvgIpc) is 2.89. The number of fused-ring (bicyclic) bond motifs is 1. The average molecular weight is 324 g/mol. The van der Waals surface area contributed by atoms with Crippen molar-refractivity contribution in [1.82, 2.24) is 19.9 Å². The summed E-state index contributed by atoms with van der Waals surface area (Å²) in [7, 11) is 0. The van der Waals surface area contributed by atoms with Gasteiger partial charge in [0.05, 0.1) is 17.7 Å². The van der Waals surface area contributed by atoms with Crippen molar-refractivity contribution < 1.29 is 4.79 Å². The van der Waals surface area contributed by atoms with Crippen molar-refractivity contribution in [2.75, 3.05) is 6.54 Å². The minimum absolute atomic E-state index is 0.0323. The number of aromatic nitrogens is 3. The van der Waals surface area contributed by atoms with Gasteiger partial charge in [0.25, 0.3) is 0 Å². The quantitative estimate of drug-likeness (QED) is 0.924. The van der Waals surface area contributed by atoms with Crippen LogP contribution in [0.2, 0.25) is 0 Å². The van der Waals surface area contributed by atoms with E-state index in [-0.39, 0.29) is 28.7 Å². The summed E-state index contributed by atoms with van der Waals surface area (Å²) in [6.45, 7) is 9.47. The first kappa shape index (κ1) is 15.4. The Morgan fingerprint density at radius 1 is 1.21 bits per heavy atom. The summed E-state index contributed by atoms with van der Waals surface area (Å²) < 4.78 is 0. The number of rotatable bonds is 2. The zero-order valence-corrected chi connectivity index (χ0v) is 14.7. The molecule has 5 nitrogen and oxygen atoms in total. The van der Waals surface area contributed by atoms with Crippen LogP contribution in [0.1, 0.15) is 50.8 Å². The first-order valence-corrected chi connectivity index (χ1v) is 8.59. The Labute approximate surface area is 142 Å².